The number of anilines is 1. The molecule has 1 aromatic carbocycles. The molecule has 1 saturated carbocycles. The summed E-state index contributed by atoms with van der Waals surface area (Å²) in [6.07, 6.45) is 4.49. The normalized spacial score (nSPS) is 17.6. The quantitative estimate of drug-likeness (QED) is 0.797. The van der Waals surface area contributed by atoms with E-state index < -0.39 is 17.4 Å². The van der Waals surface area contributed by atoms with E-state index in [-0.39, 0.29) is 12.2 Å². The Morgan fingerprint density at radius 2 is 2.05 bits per heavy atom. The van der Waals surface area contributed by atoms with Crippen LogP contribution in [-0.4, -0.2) is 23.3 Å². The Morgan fingerprint density at radius 3 is 2.70 bits per heavy atom. The SMILES string of the molecule is Cc1ccc(NC(=O)NCC2(O)CCCCC2)c(F)c1. The number of benzene rings is 1. The van der Waals surface area contributed by atoms with Crippen molar-refractivity contribution < 1.29 is 14.3 Å². The molecule has 0 aliphatic heterocycles. The number of carbonyl (C=O) groups is 1. The van der Waals surface area contributed by atoms with Crippen molar-refractivity contribution >= 4 is 11.7 Å². The van der Waals surface area contributed by atoms with Gasteiger partial charge in [-0.15, -0.1) is 0 Å². The summed E-state index contributed by atoms with van der Waals surface area (Å²) in [5, 5.41) is 15.3. The molecule has 0 radical (unpaired) electrons. The topological polar surface area (TPSA) is 61.4 Å². The van der Waals surface area contributed by atoms with Gasteiger partial charge in [-0.3, -0.25) is 0 Å². The van der Waals surface area contributed by atoms with E-state index in [2.05, 4.69) is 10.6 Å². The fourth-order valence-electron chi connectivity index (χ4n) is 2.52. The Labute approximate surface area is 118 Å². The minimum atomic E-state index is -0.818. The lowest BCUT2D eigenvalue weighted by Crippen LogP contribution is -2.45. The van der Waals surface area contributed by atoms with Gasteiger partial charge in [-0.2, -0.15) is 0 Å². The molecule has 1 fully saturated rings. The van der Waals surface area contributed by atoms with Crippen LogP contribution in [-0.2, 0) is 0 Å². The van der Waals surface area contributed by atoms with E-state index >= 15 is 0 Å². The van der Waals surface area contributed by atoms with Gasteiger partial charge in [-0.1, -0.05) is 25.3 Å². The Morgan fingerprint density at radius 1 is 1.35 bits per heavy atom. The number of aryl methyl sites for hydroxylation is 1. The lowest BCUT2D eigenvalue weighted by molar-refractivity contribution is 0.00755. The van der Waals surface area contributed by atoms with Crippen molar-refractivity contribution in [2.45, 2.75) is 44.6 Å². The lowest BCUT2D eigenvalue weighted by Gasteiger charge is -2.32. The second-order valence-corrected chi connectivity index (χ2v) is 5.58. The van der Waals surface area contributed by atoms with Crippen LogP contribution in [0.5, 0.6) is 0 Å². The predicted octanol–water partition coefficient (Wildman–Crippen LogP) is 2.95. The van der Waals surface area contributed by atoms with Crippen LogP contribution in [0.4, 0.5) is 14.9 Å². The van der Waals surface area contributed by atoms with Gasteiger partial charge < -0.3 is 15.7 Å². The molecule has 0 unspecified atom stereocenters. The molecule has 0 heterocycles. The number of carbonyl (C=O) groups excluding carboxylic acids is 1. The summed E-state index contributed by atoms with van der Waals surface area (Å²) < 4.78 is 13.6. The second-order valence-electron chi connectivity index (χ2n) is 5.58. The Hall–Kier alpha value is -1.62. The van der Waals surface area contributed by atoms with Crippen LogP contribution in [0.2, 0.25) is 0 Å². The van der Waals surface area contributed by atoms with Gasteiger partial charge in [0, 0.05) is 6.54 Å². The standard InChI is InChI=1S/C15H21FN2O2/c1-11-5-6-13(12(16)9-11)18-14(19)17-10-15(20)7-3-2-4-8-15/h5-6,9,20H,2-4,7-8,10H2,1H3,(H2,17,18,19). The summed E-state index contributed by atoms with van der Waals surface area (Å²) in [5.41, 5.74) is 0.121. The smallest absolute Gasteiger partial charge is 0.319 e. The zero-order valence-electron chi connectivity index (χ0n) is 11.7. The van der Waals surface area contributed by atoms with Crippen molar-refractivity contribution in [3.05, 3.63) is 29.6 Å². The van der Waals surface area contributed by atoms with Crippen LogP contribution in [0.15, 0.2) is 18.2 Å². The van der Waals surface area contributed by atoms with Crippen molar-refractivity contribution in [2.24, 2.45) is 0 Å². The molecule has 0 spiro atoms. The molecule has 110 valence electrons. The minimum absolute atomic E-state index is 0.142. The molecule has 1 aromatic rings. The number of hydrogen-bond acceptors (Lipinski definition) is 2. The van der Waals surface area contributed by atoms with E-state index in [9.17, 15) is 14.3 Å². The Bertz CT molecular complexity index is 485. The molecule has 0 atom stereocenters. The van der Waals surface area contributed by atoms with Crippen molar-refractivity contribution in [2.75, 3.05) is 11.9 Å². The van der Waals surface area contributed by atoms with E-state index in [0.29, 0.717) is 12.8 Å². The van der Waals surface area contributed by atoms with E-state index in [4.69, 9.17) is 0 Å². The highest BCUT2D eigenvalue weighted by atomic mass is 19.1. The first-order valence-corrected chi connectivity index (χ1v) is 7.02. The van der Waals surface area contributed by atoms with Crippen LogP contribution in [0.1, 0.15) is 37.7 Å². The van der Waals surface area contributed by atoms with Crippen molar-refractivity contribution in [3.8, 4) is 0 Å². The van der Waals surface area contributed by atoms with Crippen LogP contribution in [0.25, 0.3) is 0 Å². The van der Waals surface area contributed by atoms with Gasteiger partial charge >= 0.3 is 6.03 Å². The Kier molecular flexibility index (Phi) is 4.60. The highest BCUT2D eigenvalue weighted by Crippen LogP contribution is 2.27. The minimum Gasteiger partial charge on any atom is -0.388 e. The average Bonchev–Trinajstić information content (AvgIpc) is 2.41. The Balaban J connectivity index is 1.86. The van der Waals surface area contributed by atoms with Gasteiger partial charge in [-0.05, 0) is 37.5 Å². The zero-order valence-corrected chi connectivity index (χ0v) is 11.7. The summed E-state index contributed by atoms with van der Waals surface area (Å²) in [6, 6.07) is 4.13. The fourth-order valence-corrected chi connectivity index (χ4v) is 2.52. The molecule has 20 heavy (non-hydrogen) atoms. The van der Waals surface area contributed by atoms with Crippen LogP contribution >= 0.6 is 0 Å². The maximum atomic E-state index is 13.6. The molecule has 2 amide bonds. The number of amides is 2. The summed E-state index contributed by atoms with van der Waals surface area (Å²) in [4.78, 5) is 11.7. The summed E-state index contributed by atoms with van der Waals surface area (Å²) in [6.45, 7) is 1.98. The molecule has 3 N–H and O–H groups in total. The third-order valence-corrected chi connectivity index (χ3v) is 3.74. The van der Waals surface area contributed by atoms with Crippen molar-refractivity contribution in [1.29, 1.82) is 0 Å². The van der Waals surface area contributed by atoms with Crippen LogP contribution in [0, 0.1) is 12.7 Å². The molecule has 5 heteroatoms. The van der Waals surface area contributed by atoms with E-state index in [1.54, 1.807) is 13.0 Å². The molecule has 2 rings (SSSR count). The summed E-state index contributed by atoms with van der Waals surface area (Å²) in [7, 11) is 0. The second kappa shape index (κ2) is 6.22. The lowest BCUT2D eigenvalue weighted by atomic mass is 9.85. The molecule has 1 aliphatic rings. The van der Waals surface area contributed by atoms with Crippen LogP contribution < -0.4 is 10.6 Å². The van der Waals surface area contributed by atoms with Crippen LogP contribution in [0.3, 0.4) is 0 Å². The van der Waals surface area contributed by atoms with Gasteiger partial charge in [0.2, 0.25) is 0 Å². The number of nitrogens with one attached hydrogen (secondary N) is 2. The van der Waals surface area contributed by atoms with E-state index in [0.717, 1.165) is 24.8 Å². The van der Waals surface area contributed by atoms with E-state index in [1.165, 1.54) is 12.1 Å². The first kappa shape index (κ1) is 14.8. The first-order chi connectivity index (χ1) is 9.48. The van der Waals surface area contributed by atoms with Gasteiger partial charge in [0.15, 0.2) is 0 Å². The summed E-state index contributed by atoms with van der Waals surface area (Å²) in [5.74, 6) is -0.462. The first-order valence-electron chi connectivity index (χ1n) is 7.02. The van der Waals surface area contributed by atoms with Gasteiger partial charge in [0.25, 0.3) is 0 Å². The largest absolute Gasteiger partial charge is 0.388 e. The molecule has 4 nitrogen and oxygen atoms in total. The van der Waals surface area contributed by atoms with Gasteiger partial charge in [0.1, 0.15) is 5.82 Å². The zero-order chi connectivity index (χ0) is 14.6. The molecule has 1 aliphatic carbocycles. The number of halogens is 1. The fraction of sp³-hybridized carbons (Fsp3) is 0.533. The van der Waals surface area contributed by atoms with Gasteiger partial charge in [-0.25, -0.2) is 9.18 Å². The van der Waals surface area contributed by atoms with Crippen molar-refractivity contribution in [1.82, 2.24) is 5.32 Å². The van der Waals surface area contributed by atoms with Crippen molar-refractivity contribution in [3.63, 3.8) is 0 Å². The number of urea groups is 1. The number of aliphatic hydroxyl groups is 1. The maximum Gasteiger partial charge on any atom is 0.319 e. The molecular weight excluding hydrogens is 259 g/mol. The third kappa shape index (κ3) is 3.93. The number of rotatable bonds is 3. The molecule has 0 bridgehead atoms. The van der Waals surface area contributed by atoms with Gasteiger partial charge in [0.05, 0.1) is 11.3 Å². The maximum absolute atomic E-state index is 13.6. The monoisotopic (exact) mass is 280 g/mol. The highest BCUT2D eigenvalue weighted by Gasteiger charge is 2.29. The van der Waals surface area contributed by atoms with E-state index in [1.807, 2.05) is 0 Å². The molecular formula is C15H21FN2O2. The summed E-state index contributed by atoms with van der Waals surface area (Å²) >= 11 is 0. The predicted molar refractivity (Wildman–Crippen MR) is 76.2 cm³/mol. The molecule has 0 aromatic heterocycles. The molecule has 0 saturated heterocycles. The average molecular weight is 280 g/mol. The third-order valence-electron chi connectivity index (χ3n) is 3.74. The number of hydrogen-bond donors (Lipinski definition) is 3. The highest BCUT2D eigenvalue weighted by molar-refractivity contribution is 5.89.